The van der Waals surface area contributed by atoms with Crippen LogP contribution in [0.15, 0.2) is 0 Å². The summed E-state index contributed by atoms with van der Waals surface area (Å²) in [5, 5.41) is 3.70. The summed E-state index contributed by atoms with van der Waals surface area (Å²) in [4.78, 5) is 0. The van der Waals surface area contributed by atoms with Crippen LogP contribution in [0.25, 0.3) is 0 Å². The van der Waals surface area contributed by atoms with Crippen LogP contribution in [0.5, 0.6) is 0 Å². The molecule has 0 saturated carbocycles. The molecule has 1 unspecified atom stereocenters. The number of rotatable bonds is 12. The Hall–Kier alpha value is -0.0400. The Labute approximate surface area is 129 Å². The fourth-order valence-corrected chi connectivity index (χ4v) is 2.81. The third-order valence-corrected chi connectivity index (χ3v) is 3.94. The summed E-state index contributed by atoms with van der Waals surface area (Å²) in [7, 11) is 0. The van der Waals surface area contributed by atoms with Crippen molar-refractivity contribution in [3.8, 4) is 0 Å². The first-order chi connectivity index (χ1) is 9.35. The van der Waals surface area contributed by atoms with E-state index in [4.69, 9.17) is 0 Å². The van der Waals surface area contributed by atoms with Crippen molar-refractivity contribution in [2.45, 2.75) is 105 Å². The average Bonchev–Trinajstić information content (AvgIpc) is 2.33. The molecule has 122 valence electrons. The molecule has 0 rings (SSSR count). The van der Waals surface area contributed by atoms with Crippen LogP contribution >= 0.6 is 0 Å². The molecule has 0 spiro atoms. The van der Waals surface area contributed by atoms with E-state index in [1.807, 2.05) is 0 Å². The molecule has 1 atom stereocenters. The van der Waals surface area contributed by atoms with Crippen molar-refractivity contribution in [2.75, 3.05) is 6.54 Å². The maximum absolute atomic E-state index is 3.70. The highest BCUT2D eigenvalue weighted by Gasteiger charge is 2.15. The van der Waals surface area contributed by atoms with Crippen LogP contribution < -0.4 is 5.32 Å². The second kappa shape index (κ2) is 11.6. The Kier molecular flexibility index (Phi) is 11.6. The van der Waals surface area contributed by atoms with Crippen molar-refractivity contribution >= 4 is 0 Å². The minimum atomic E-state index is 0.259. The molecule has 1 N–H and O–H groups in total. The van der Waals surface area contributed by atoms with Gasteiger partial charge in [0.2, 0.25) is 0 Å². The van der Waals surface area contributed by atoms with Gasteiger partial charge in [-0.3, -0.25) is 0 Å². The van der Waals surface area contributed by atoms with Gasteiger partial charge in [0.05, 0.1) is 0 Å². The average molecular weight is 284 g/mol. The largest absolute Gasteiger partial charge is 0.312 e. The van der Waals surface area contributed by atoms with Gasteiger partial charge in [0, 0.05) is 5.54 Å². The van der Waals surface area contributed by atoms with Gasteiger partial charge in [-0.2, -0.15) is 0 Å². The summed E-state index contributed by atoms with van der Waals surface area (Å²) in [6.07, 6.45) is 12.8. The highest BCUT2D eigenvalue weighted by Crippen LogP contribution is 2.20. The van der Waals surface area contributed by atoms with E-state index < -0.39 is 0 Å². The van der Waals surface area contributed by atoms with Gasteiger partial charge in [0.1, 0.15) is 0 Å². The van der Waals surface area contributed by atoms with E-state index in [0.717, 1.165) is 11.8 Å². The van der Waals surface area contributed by atoms with E-state index in [1.165, 1.54) is 64.3 Å². The molecule has 0 radical (unpaired) electrons. The van der Waals surface area contributed by atoms with Crippen LogP contribution in [0.2, 0.25) is 0 Å². The van der Waals surface area contributed by atoms with Crippen LogP contribution in [0.4, 0.5) is 0 Å². The molecule has 0 aromatic rings. The maximum Gasteiger partial charge on any atom is 0.00966 e. The number of hydrogen-bond acceptors (Lipinski definition) is 1. The fraction of sp³-hybridized carbons (Fsp3) is 1.00. The third-order valence-electron chi connectivity index (χ3n) is 3.94. The lowest BCUT2D eigenvalue weighted by molar-refractivity contribution is 0.312. The van der Waals surface area contributed by atoms with Crippen LogP contribution in [0.1, 0.15) is 99.3 Å². The van der Waals surface area contributed by atoms with Crippen molar-refractivity contribution in [1.29, 1.82) is 0 Å². The van der Waals surface area contributed by atoms with E-state index in [-0.39, 0.29) is 5.54 Å². The van der Waals surface area contributed by atoms with Crippen molar-refractivity contribution in [3.05, 3.63) is 0 Å². The zero-order valence-electron chi connectivity index (χ0n) is 15.2. The smallest absolute Gasteiger partial charge is 0.00966 e. The topological polar surface area (TPSA) is 12.0 Å². The first kappa shape index (κ1) is 20.0. The molecule has 0 heterocycles. The summed E-state index contributed by atoms with van der Waals surface area (Å²) in [6.45, 7) is 15.0. The second-order valence-electron chi connectivity index (χ2n) is 8.04. The van der Waals surface area contributed by atoms with Gasteiger partial charge in [-0.25, -0.2) is 0 Å². The highest BCUT2D eigenvalue weighted by atomic mass is 14.9. The standard InChI is InChI=1S/C19H41N/c1-7-8-9-10-11-12-13-14-18(15-17(2)3)16-20-19(4,5)6/h17-18,20H,7-16H2,1-6H3. The first-order valence-corrected chi connectivity index (χ1v) is 9.10. The summed E-state index contributed by atoms with van der Waals surface area (Å²) in [5.41, 5.74) is 0.259. The lowest BCUT2D eigenvalue weighted by Crippen LogP contribution is -2.39. The third kappa shape index (κ3) is 14.4. The van der Waals surface area contributed by atoms with Gasteiger partial charge in [0.25, 0.3) is 0 Å². The van der Waals surface area contributed by atoms with Gasteiger partial charge in [-0.1, -0.05) is 65.7 Å². The Morgan fingerprint density at radius 1 is 0.850 bits per heavy atom. The van der Waals surface area contributed by atoms with Crippen LogP contribution in [0, 0.1) is 11.8 Å². The molecule has 0 aromatic carbocycles. The van der Waals surface area contributed by atoms with Gasteiger partial charge in [0.15, 0.2) is 0 Å². The summed E-state index contributed by atoms with van der Waals surface area (Å²) in [5.74, 6) is 1.69. The number of hydrogen-bond donors (Lipinski definition) is 1. The second-order valence-corrected chi connectivity index (χ2v) is 8.04. The maximum atomic E-state index is 3.70. The predicted octanol–water partition coefficient (Wildman–Crippen LogP) is 6.18. The van der Waals surface area contributed by atoms with Gasteiger partial charge < -0.3 is 5.32 Å². The number of nitrogens with one attached hydrogen (secondary N) is 1. The summed E-state index contributed by atoms with van der Waals surface area (Å²) >= 11 is 0. The monoisotopic (exact) mass is 283 g/mol. The van der Waals surface area contributed by atoms with E-state index in [9.17, 15) is 0 Å². The Morgan fingerprint density at radius 2 is 1.40 bits per heavy atom. The van der Waals surface area contributed by atoms with Crippen LogP contribution in [0.3, 0.4) is 0 Å². The Bertz CT molecular complexity index is 202. The summed E-state index contributed by atoms with van der Waals surface area (Å²) in [6, 6.07) is 0. The minimum Gasteiger partial charge on any atom is -0.312 e. The number of unbranched alkanes of at least 4 members (excludes halogenated alkanes) is 6. The minimum absolute atomic E-state index is 0.259. The molecule has 0 amide bonds. The predicted molar refractivity (Wildman–Crippen MR) is 93.3 cm³/mol. The molecule has 0 saturated heterocycles. The van der Waals surface area contributed by atoms with Crippen molar-refractivity contribution in [2.24, 2.45) is 11.8 Å². The lowest BCUT2D eigenvalue weighted by atomic mass is 9.91. The van der Waals surface area contributed by atoms with E-state index >= 15 is 0 Å². The van der Waals surface area contributed by atoms with Gasteiger partial charge in [-0.05, 0) is 52.0 Å². The van der Waals surface area contributed by atoms with Crippen molar-refractivity contribution in [1.82, 2.24) is 5.32 Å². The SMILES string of the molecule is CCCCCCCCCC(CNC(C)(C)C)CC(C)C. The zero-order valence-corrected chi connectivity index (χ0v) is 15.2. The molecule has 0 bridgehead atoms. The van der Waals surface area contributed by atoms with Crippen molar-refractivity contribution in [3.63, 3.8) is 0 Å². The van der Waals surface area contributed by atoms with E-state index in [0.29, 0.717) is 0 Å². The van der Waals surface area contributed by atoms with E-state index in [1.54, 1.807) is 0 Å². The quantitative estimate of drug-likeness (QED) is 0.422. The first-order valence-electron chi connectivity index (χ1n) is 9.10. The zero-order chi connectivity index (χ0) is 15.4. The molecule has 0 aliphatic carbocycles. The molecule has 0 aliphatic heterocycles. The van der Waals surface area contributed by atoms with E-state index in [2.05, 4.69) is 46.9 Å². The van der Waals surface area contributed by atoms with Gasteiger partial charge >= 0.3 is 0 Å². The van der Waals surface area contributed by atoms with Crippen LogP contribution in [-0.4, -0.2) is 12.1 Å². The molecule has 20 heavy (non-hydrogen) atoms. The fourth-order valence-electron chi connectivity index (χ4n) is 2.81. The van der Waals surface area contributed by atoms with Crippen LogP contribution in [-0.2, 0) is 0 Å². The normalized spacial score (nSPS) is 13.9. The Balaban J connectivity index is 3.75. The molecule has 0 aromatic heterocycles. The van der Waals surface area contributed by atoms with Crippen molar-refractivity contribution < 1.29 is 0 Å². The molecule has 1 heteroatoms. The van der Waals surface area contributed by atoms with Gasteiger partial charge in [-0.15, -0.1) is 0 Å². The Morgan fingerprint density at radius 3 is 1.90 bits per heavy atom. The molecule has 1 nitrogen and oxygen atoms in total. The molecule has 0 fully saturated rings. The highest BCUT2D eigenvalue weighted by molar-refractivity contribution is 4.74. The molecular formula is C19H41N. The molecular weight excluding hydrogens is 242 g/mol. The molecule has 0 aliphatic rings. The summed E-state index contributed by atoms with van der Waals surface area (Å²) < 4.78 is 0. The lowest BCUT2D eigenvalue weighted by Gasteiger charge is -2.26.